The highest BCUT2D eigenvalue weighted by molar-refractivity contribution is 9.10. The third-order valence-electron chi connectivity index (χ3n) is 3.39. The Kier molecular flexibility index (Phi) is 4.35. The molecule has 3 nitrogen and oxygen atoms in total. The maximum Gasteiger partial charge on any atom is 0.124 e. The molecule has 0 radical (unpaired) electrons. The summed E-state index contributed by atoms with van der Waals surface area (Å²) in [6, 6.07) is 13.6. The molecule has 2 N–H and O–H groups in total. The molecule has 0 saturated carbocycles. The van der Waals surface area contributed by atoms with Crippen LogP contribution in [0, 0.1) is 0 Å². The first-order chi connectivity index (χ1) is 9.48. The minimum absolute atomic E-state index is 0.677. The lowest BCUT2D eigenvalue weighted by Gasteiger charge is -2.28. The van der Waals surface area contributed by atoms with E-state index in [1.807, 2.05) is 49.4 Å². The van der Waals surface area contributed by atoms with Crippen LogP contribution < -0.4 is 15.2 Å². The van der Waals surface area contributed by atoms with Gasteiger partial charge in [-0.25, -0.2) is 0 Å². The van der Waals surface area contributed by atoms with Crippen molar-refractivity contribution in [1.29, 1.82) is 0 Å². The lowest BCUT2D eigenvalue weighted by atomic mass is 9.85. The first-order valence-corrected chi connectivity index (χ1v) is 7.05. The second-order valence-electron chi connectivity index (χ2n) is 4.78. The van der Waals surface area contributed by atoms with E-state index in [9.17, 15) is 0 Å². The van der Waals surface area contributed by atoms with Gasteiger partial charge in [0.05, 0.1) is 19.8 Å². The summed E-state index contributed by atoms with van der Waals surface area (Å²) < 4.78 is 11.7. The zero-order valence-electron chi connectivity index (χ0n) is 11.8. The van der Waals surface area contributed by atoms with Crippen LogP contribution >= 0.6 is 15.9 Å². The van der Waals surface area contributed by atoms with Gasteiger partial charge in [-0.3, -0.25) is 0 Å². The maximum atomic E-state index is 6.57. The summed E-state index contributed by atoms with van der Waals surface area (Å²) >= 11 is 3.48. The minimum Gasteiger partial charge on any atom is -0.497 e. The summed E-state index contributed by atoms with van der Waals surface area (Å²) in [4.78, 5) is 0. The van der Waals surface area contributed by atoms with E-state index < -0.39 is 5.54 Å². The minimum atomic E-state index is -0.677. The topological polar surface area (TPSA) is 44.5 Å². The van der Waals surface area contributed by atoms with Gasteiger partial charge in [0, 0.05) is 10.0 Å². The second kappa shape index (κ2) is 5.85. The zero-order chi connectivity index (χ0) is 14.8. The van der Waals surface area contributed by atoms with Crippen LogP contribution in [0.4, 0.5) is 0 Å². The van der Waals surface area contributed by atoms with Crippen molar-refractivity contribution >= 4 is 15.9 Å². The largest absolute Gasteiger partial charge is 0.497 e. The Hall–Kier alpha value is -1.52. The summed E-state index contributed by atoms with van der Waals surface area (Å²) in [5.74, 6) is 1.50. The Bertz CT molecular complexity index is 611. The normalized spacial score (nSPS) is 13.7. The van der Waals surface area contributed by atoms with Gasteiger partial charge < -0.3 is 15.2 Å². The van der Waals surface area contributed by atoms with Gasteiger partial charge in [0.2, 0.25) is 0 Å². The van der Waals surface area contributed by atoms with Gasteiger partial charge in [0.15, 0.2) is 0 Å². The van der Waals surface area contributed by atoms with E-state index in [4.69, 9.17) is 15.2 Å². The number of benzene rings is 2. The van der Waals surface area contributed by atoms with Gasteiger partial charge in [0.25, 0.3) is 0 Å². The fourth-order valence-electron chi connectivity index (χ4n) is 2.19. The first-order valence-electron chi connectivity index (χ1n) is 6.26. The summed E-state index contributed by atoms with van der Waals surface area (Å²) in [5, 5.41) is 0. The van der Waals surface area contributed by atoms with Crippen molar-refractivity contribution in [3.05, 3.63) is 58.1 Å². The van der Waals surface area contributed by atoms with Crippen molar-refractivity contribution in [3.63, 3.8) is 0 Å². The highest BCUT2D eigenvalue weighted by Crippen LogP contribution is 2.36. The fraction of sp³-hybridized carbons (Fsp3) is 0.250. The van der Waals surface area contributed by atoms with Crippen molar-refractivity contribution in [1.82, 2.24) is 0 Å². The molecule has 2 aromatic rings. The average Bonchev–Trinajstić information content (AvgIpc) is 2.46. The van der Waals surface area contributed by atoms with Gasteiger partial charge in [-0.15, -0.1) is 0 Å². The number of hydrogen-bond acceptors (Lipinski definition) is 3. The standard InChI is InChI=1S/C16H18BrNO2/c1-16(18,11-5-4-6-12(17)9-11)14-10-13(19-2)7-8-15(14)20-3/h4-10H,18H2,1-3H3. The van der Waals surface area contributed by atoms with E-state index in [-0.39, 0.29) is 0 Å². The SMILES string of the molecule is COc1ccc(OC)c(C(C)(N)c2cccc(Br)c2)c1. The maximum absolute atomic E-state index is 6.57. The number of methoxy groups -OCH3 is 2. The molecule has 0 aromatic heterocycles. The molecule has 0 aliphatic rings. The van der Waals surface area contributed by atoms with E-state index in [0.29, 0.717) is 0 Å². The van der Waals surface area contributed by atoms with Crippen molar-refractivity contribution < 1.29 is 9.47 Å². The van der Waals surface area contributed by atoms with Crippen LogP contribution in [0.15, 0.2) is 46.9 Å². The molecule has 0 amide bonds. The molecule has 0 heterocycles. The van der Waals surface area contributed by atoms with Gasteiger partial charge in [-0.1, -0.05) is 28.1 Å². The van der Waals surface area contributed by atoms with Crippen LogP contribution in [0.25, 0.3) is 0 Å². The number of hydrogen-bond donors (Lipinski definition) is 1. The van der Waals surface area contributed by atoms with E-state index in [1.165, 1.54) is 0 Å². The van der Waals surface area contributed by atoms with Crippen LogP contribution in [0.2, 0.25) is 0 Å². The lowest BCUT2D eigenvalue weighted by molar-refractivity contribution is 0.389. The van der Waals surface area contributed by atoms with Crippen LogP contribution in [0.5, 0.6) is 11.5 Å². The van der Waals surface area contributed by atoms with Crippen molar-refractivity contribution in [3.8, 4) is 11.5 Å². The van der Waals surface area contributed by atoms with Crippen LogP contribution in [-0.2, 0) is 5.54 Å². The molecule has 106 valence electrons. The van der Waals surface area contributed by atoms with Crippen molar-refractivity contribution in [2.75, 3.05) is 14.2 Å². The highest BCUT2D eigenvalue weighted by Gasteiger charge is 2.28. The Labute approximate surface area is 127 Å². The van der Waals surface area contributed by atoms with E-state index in [1.54, 1.807) is 14.2 Å². The molecular weight excluding hydrogens is 318 g/mol. The first kappa shape index (κ1) is 14.9. The van der Waals surface area contributed by atoms with Gasteiger partial charge in [0.1, 0.15) is 11.5 Å². The molecule has 1 unspecified atom stereocenters. The molecule has 0 aliphatic carbocycles. The van der Waals surface area contributed by atoms with E-state index in [2.05, 4.69) is 15.9 Å². The molecule has 0 fully saturated rings. The van der Waals surface area contributed by atoms with Crippen LogP contribution in [-0.4, -0.2) is 14.2 Å². The summed E-state index contributed by atoms with van der Waals surface area (Å²) in [7, 11) is 3.28. The zero-order valence-corrected chi connectivity index (χ0v) is 13.4. The monoisotopic (exact) mass is 335 g/mol. The van der Waals surface area contributed by atoms with Crippen LogP contribution in [0.3, 0.4) is 0 Å². The average molecular weight is 336 g/mol. The molecule has 0 spiro atoms. The van der Waals surface area contributed by atoms with E-state index >= 15 is 0 Å². The van der Waals surface area contributed by atoms with Crippen molar-refractivity contribution in [2.24, 2.45) is 5.73 Å². The van der Waals surface area contributed by atoms with Crippen LogP contribution in [0.1, 0.15) is 18.1 Å². The molecule has 4 heteroatoms. The molecule has 0 aliphatic heterocycles. The summed E-state index contributed by atoms with van der Waals surface area (Å²) in [6.45, 7) is 1.96. The second-order valence-corrected chi connectivity index (χ2v) is 5.69. The third-order valence-corrected chi connectivity index (χ3v) is 3.88. The molecule has 2 rings (SSSR count). The molecular formula is C16H18BrNO2. The predicted octanol–water partition coefficient (Wildman–Crippen LogP) is 3.69. The summed E-state index contributed by atoms with van der Waals surface area (Å²) in [5.41, 5.74) is 7.78. The molecule has 2 aromatic carbocycles. The number of nitrogens with two attached hydrogens (primary N) is 1. The number of ether oxygens (including phenoxy) is 2. The lowest BCUT2D eigenvalue weighted by Crippen LogP contribution is -2.34. The smallest absolute Gasteiger partial charge is 0.124 e. The highest BCUT2D eigenvalue weighted by atomic mass is 79.9. The Morgan fingerprint density at radius 1 is 1.05 bits per heavy atom. The van der Waals surface area contributed by atoms with Gasteiger partial charge in [-0.05, 0) is 42.8 Å². The molecule has 1 atom stereocenters. The third kappa shape index (κ3) is 2.81. The summed E-state index contributed by atoms with van der Waals surface area (Å²) in [6.07, 6.45) is 0. The Morgan fingerprint density at radius 2 is 1.80 bits per heavy atom. The quantitative estimate of drug-likeness (QED) is 0.926. The molecule has 0 saturated heterocycles. The van der Waals surface area contributed by atoms with Gasteiger partial charge in [-0.2, -0.15) is 0 Å². The van der Waals surface area contributed by atoms with E-state index in [0.717, 1.165) is 27.1 Å². The van der Waals surface area contributed by atoms with Crippen molar-refractivity contribution in [2.45, 2.75) is 12.5 Å². The van der Waals surface area contributed by atoms with Gasteiger partial charge >= 0.3 is 0 Å². The Morgan fingerprint density at radius 3 is 2.40 bits per heavy atom. The molecule has 20 heavy (non-hydrogen) atoms. The molecule has 0 bridgehead atoms. The predicted molar refractivity (Wildman–Crippen MR) is 84.3 cm³/mol. The number of halogens is 1. The Balaban J connectivity index is 2.58. The fourth-order valence-corrected chi connectivity index (χ4v) is 2.59. The number of rotatable bonds is 4.